The first-order chi connectivity index (χ1) is 44.6. The van der Waals surface area contributed by atoms with Crippen LogP contribution in [-0.4, -0.2) is 176 Å². The average Bonchev–Trinajstić information content (AvgIpc) is 1.69. The van der Waals surface area contributed by atoms with E-state index in [1.165, 1.54) is 32.4 Å². The molecule has 5 aromatic rings. The van der Waals surface area contributed by atoms with Gasteiger partial charge in [-0.25, -0.2) is 9.59 Å². The van der Waals surface area contributed by atoms with E-state index in [0.717, 1.165) is 28.0 Å². The lowest BCUT2D eigenvalue weighted by molar-refractivity contribution is -0.271. The number of carboxylic acids is 1. The summed E-state index contributed by atoms with van der Waals surface area (Å²) in [6.07, 6.45) is 5.06. The van der Waals surface area contributed by atoms with Crippen LogP contribution in [0.25, 0.3) is 11.1 Å². The van der Waals surface area contributed by atoms with Gasteiger partial charge in [-0.3, -0.25) is 19.6 Å². The van der Waals surface area contributed by atoms with E-state index in [0.29, 0.717) is 102 Å². The molecule has 93 heavy (non-hydrogen) atoms. The predicted octanol–water partition coefficient (Wildman–Crippen LogP) is 8.30. The van der Waals surface area contributed by atoms with Crippen molar-refractivity contribution in [3.05, 3.63) is 131 Å². The minimum absolute atomic E-state index is 0.0364. The van der Waals surface area contributed by atoms with Crippen LogP contribution in [-0.2, 0) is 25.6 Å². The number of amides is 3. The summed E-state index contributed by atoms with van der Waals surface area (Å²) in [5, 5.41) is 42.8. The number of carbonyl (C=O) groups is 4. The number of nitrogens with one attached hydrogen (secondary N) is 1. The lowest BCUT2D eigenvalue weighted by Gasteiger charge is -2.38. The number of hydrogen-bond acceptors (Lipinski definition) is 20. The zero-order valence-corrected chi connectivity index (χ0v) is 52.6. The molecule has 490 valence electrons. The molecule has 0 bridgehead atoms. The summed E-state index contributed by atoms with van der Waals surface area (Å²) in [4.78, 5) is 65.5. The lowest BCUT2D eigenvalue weighted by atomic mass is 9.96. The number of rotatable bonds is 27. The molecule has 0 radical (unpaired) electrons. The molecule has 0 saturated carbocycles. The summed E-state index contributed by atoms with van der Waals surface area (Å²) in [6.45, 7) is 8.86. The van der Waals surface area contributed by atoms with Gasteiger partial charge in [0.25, 0.3) is 11.8 Å². The largest absolute Gasteiger partial charge is 0.497 e. The molecule has 0 aromatic heterocycles. The number of terminal acetylenes is 1. The number of alkyl carbamates (subject to hydrolysis) is 1. The second-order valence-electron chi connectivity index (χ2n) is 24.1. The number of ether oxygens (including phenoxy) is 11. The lowest BCUT2D eigenvalue weighted by Crippen LogP contribution is -2.61. The Bertz CT molecular complexity index is 3740. The number of nitrogens with zero attached hydrogens (tertiary/aromatic N) is 4. The molecule has 5 aliphatic rings. The van der Waals surface area contributed by atoms with E-state index in [-0.39, 0.29) is 67.2 Å². The summed E-state index contributed by atoms with van der Waals surface area (Å²) >= 11 is 0. The van der Waals surface area contributed by atoms with Gasteiger partial charge in [0.15, 0.2) is 29.1 Å². The molecule has 0 spiro atoms. The number of aliphatic hydroxyl groups is 3. The van der Waals surface area contributed by atoms with Crippen molar-refractivity contribution in [3.63, 3.8) is 0 Å². The smallest absolute Gasteiger partial charge is 0.407 e. The van der Waals surface area contributed by atoms with Gasteiger partial charge < -0.3 is 87.6 Å². The van der Waals surface area contributed by atoms with Crippen molar-refractivity contribution in [1.29, 1.82) is 0 Å². The molecule has 1 fully saturated rings. The molecule has 7 atom stereocenters. The number of methoxy groups -OCH3 is 3. The third-order valence-corrected chi connectivity index (χ3v) is 16.1. The first-order valence-corrected chi connectivity index (χ1v) is 30.2. The van der Waals surface area contributed by atoms with E-state index in [9.17, 15) is 39.6 Å². The van der Waals surface area contributed by atoms with Crippen molar-refractivity contribution in [2.45, 2.75) is 108 Å². The monoisotopic (exact) mass is 1280 g/mol. The van der Waals surface area contributed by atoms with Crippen LogP contribution in [0.3, 0.4) is 0 Å². The molecular formula is C69H75N5O19. The second-order valence-corrected chi connectivity index (χ2v) is 24.1. The number of carboxylic acid groups (broad SMARTS) is 1. The van der Waals surface area contributed by atoms with Gasteiger partial charge in [-0.1, -0.05) is 44.0 Å². The average molecular weight is 1280 g/mol. The van der Waals surface area contributed by atoms with Crippen LogP contribution in [0.4, 0.5) is 16.2 Å². The van der Waals surface area contributed by atoms with Crippen LogP contribution in [0.5, 0.6) is 46.0 Å². The Morgan fingerprint density at radius 1 is 0.656 bits per heavy atom. The standard InChI is InChI=1S/C69H75N5O19/c1-9-22-87-54-28-49(92-66-61(77)59(75)60(76)62(93-66)65(80)81)20-15-42(54)37-90-67(82)72-69(4,5)21-25-86-38-68(2,3)39-91-48-18-13-41(14-19-48)44-27-46-34-71-53-32-58(56(85-8)30-51(53)64(79)74(46)36-44)89-24-10-23-88-57-31-52-50(29-55(57)84-7)63(78)73-35-43(26-45(73)33-70-52)40-11-16-47(83-6)17-12-40/h1,11-20,28-36,45-46,59-62,66,75-77H,10,21-27,37-39H2,2-8H3,(H,72,82)(H,80,81). The molecule has 10 rings (SSSR count). The Kier molecular flexibility index (Phi) is 20.6. The SMILES string of the molecule is C#CCOc1cc(OC2OC(C(=O)O)C(O)C(O)C2O)ccc1COC(=O)NC(C)(C)CCOCC(C)(C)COc1ccc(C2=CN3C(=O)c4cc(OC)c(OCCCOc5cc6c(cc5OC)C(=O)N5C=C(c7ccc(OC)cc7)CC5C=N6)cc4N=CC3C2)cc1. The summed E-state index contributed by atoms with van der Waals surface area (Å²) < 4.78 is 63.4. The maximum Gasteiger partial charge on any atom is 0.407 e. The van der Waals surface area contributed by atoms with E-state index >= 15 is 0 Å². The highest BCUT2D eigenvalue weighted by Gasteiger charge is 2.48. The highest BCUT2D eigenvalue weighted by atomic mass is 16.7. The number of carbonyl (C=O) groups excluding carboxylic acids is 3. The van der Waals surface area contributed by atoms with Crippen LogP contribution in [0.2, 0.25) is 0 Å². The van der Waals surface area contributed by atoms with Crippen LogP contribution >= 0.6 is 0 Å². The van der Waals surface area contributed by atoms with Gasteiger partial charge in [-0.05, 0) is 91.1 Å². The number of fused-ring (bicyclic) bond motifs is 4. The zero-order valence-electron chi connectivity index (χ0n) is 52.6. The van der Waals surface area contributed by atoms with Crippen molar-refractivity contribution < 1.29 is 91.7 Å². The van der Waals surface area contributed by atoms with Crippen molar-refractivity contribution >= 4 is 58.8 Å². The maximum absolute atomic E-state index is 14.2. The second kappa shape index (κ2) is 28.9. The molecular weight excluding hydrogens is 1200 g/mol. The van der Waals surface area contributed by atoms with Crippen LogP contribution in [0.15, 0.2) is 113 Å². The van der Waals surface area contributed by atoms with E-state index in [2.05, 4.69) is 11.2 Å². The van der Waals surface area contributed by atoms with Crippen LogP contribution in [0, 0.1) is 17.8 Å². The van der Waals surface area contributed by atoms with Gasteiger partial charge in [0.05, 0.1) is 82.3 Å². The molecule has 3 amide bonds. The highest BCUT2D eigenvalue weighted by molar-refractivity contribution is 6.06. The third kappa shape index (κ3) is 15.6. The fourth-order valence-electron chi connectivity index (χ4n) is 10.9. The van der Waals surface area contributed by atoms with E-state index in [1.54, 1.807) is 53.6 Å². The molecule has 5 aliphatic heterocycles. The summed E-state index contributed by atoms with van der Waals surface area (Å²) in [7, 11) is 4.67. The van der Waals surface area contributed by atoms with Gasteiger partial charge in [-0.2, -0.15) is 0 Å². The van der Waals surface area contributed by atoms with Crippen molar-refractivity contribution in [1.82, 2.24) is 15.1 Å². The Morgan fingerprint density at radius 3 is 1.75 bits per heavy atom. The third-order valence-electron chi connectivity index (χ3n) is 16.1. The Morgan fingerprint density at radius 2 is 1.22 bits per heavy atom. The number of benzene rings is 5. The highest BCUT2D eigenvalue weighted by Crippen LogP contribution is 2.43. The summed E-state index contributed by atoms with van der Waals surface area (Å²) in [5.41, 5.74) is 4.94. The Labute approximate surface area is 537 Å². The van der Waals surface area contributed by atoms with Gasteiger partial charge in [0.1, 0.15) is 54.5 Å². The minimum Gasteiger partial charge on any atom is -0.497 e. The minimum atomic E-state index is -1.89. The van der Waals surface area contributed by atoms with Gasteiger partial charge in [-0.15, -0.1) is 6.42 Å². The number of aliphatic imine (C=N–C) groups is 2. The van der Waals surface area contributed by atoms with Gasteiger partial charge >= 0.3 is 12.1 Å². The molecule has 5 heterocycles. The first kappa shape index (κ1) is 66.3. The molecule has 1 saturated heterocycles. The topological polar surface area (TPSA) is 294 Å². The van der Waals surface area contributed by atoms with Crippen molar-refractivity contribution in [2.24, 2.45) is 15.4 Å². The fraction of sp³-hybridized carbons (Fsp3) is 0.391. The van der Waals surface area contributed by atoms with Crippen LogP contribution < -0.4 is 43.2 Å². The Hall–Kier alpha value is -9.64. The van der Waals surface area contributed by atoms with E-state index in [1.807, 2.05) is 88.6 Å². The van der Waals surface area contributed by atoms with Gasteiger partial charge in [0, 0.05) is 85.4 Å². The van der Waals surface area contributed by atoms with Gasteiger partial charge in [0.2, 0.25) is 6.29 Å². The van der Waals surface area contributed by atoms with Crippen molar-refractivity contribution in [2.75, 3.05) is 61.0 Å². The molecule has 0 aliphatic carbocycles. The number of hydrogen-bond donors (Lipinski definition) is 5. The van der Waals surface area contributed by atoms with Crippen molar-refractivity contribution in [3.8, 4) is 58.3 Å². The summed E-state index contributed by atoms with van der Waals surface area (Å²) in [5.74, 6) is 3.65. The molecule has 7 unspecified atom stereocenters. The Balaban J connectivity index is 0.651. The summed E-state index contributed by atoms with van der Waals surface area (Å²) in [6, 6.07) is 26.0. The normalized spacial score (nSPS) is 20.5. The van der Waals surface area contributed by atoms with E-state index in [4.69, 9.17) is 68.5 Å². The molecule has 5 N–H and O–H groups in total. The maximum atomic E-state index is 14.2. The van der Waals surface area contributed by atoms with E-state index < -0.39 is 48.3 Å². The molecule has 24 nitrogen and oxygen atoms in total. The zero-order chi connectivity index (χ0) is 66.1. The number of aliphatic hydroxyl groups excluding tert-OH is 3. The fourth-order valence-corrected chi connectivity index (χ4v) is 10.9. The molecule has 5 aromatic carbocycles. The number of aliphatic carboxylic acids is 1. The van der Waals surface area contributed by atoms with Crippen LogP contribution in [0.1, 0.15) is 90.8 Å². The predicted molar refractivity (Wildman–Crippen MR) is 340 cm³/mol. The molecule has 24 heteroatoms. The first-order valence-electron chi connectivity index (χ1n) is 30.2. The quantitative estimate of drug-likeness (QED) is 0.0244.